The Balaban J connectivity index is 2.56. The van der Waals surface area contributed by atoms with E-state index in [0.717, 1.165) is 22.5 Å². The van der Waals surface area contributed by atoms with Crippen LogP contribution in [0.5, 0.6) is 0 Å². The van der Waals surface area contributed by atoms with Crippen molar-refractivity contribution in [2.24, 2.45) is 0 Å². The van der Waals surface area contributed by atoms with Crippen LogP contribution < -0.4 is 5.32 Å². The van der Waals surface area contributed by atoms with Crippen molar-refractivity contribution in [1.29, 1.82) is 0 Å². The highest BCUT2D eigenvalue weighted by Gasteiger charge is 2.06. The van der Waals surface area contributed by atoms with Gasteiger partial charge in [-0.1, -0.05) is 13.0 Å². The minimum atomic E-state index is -0.659. The van der Waals surface area contributed by atoms with Crippen LogP contribution in [0.2, 0.25) is 0 Å². The Morgan fingerprint density at radius 1 is 1.47 bits per heavy atom. The molecule has 0 bridgehead atoms. The molecule has 0 aliphatic carbocycles. The van der Waals surface area contributed by atoms with Crippen LogP contribution in [0.4, 0.5) is 0 Å². The Hall–Kier alpha value is -0.0700. The first kappa shape index (κ1) is 15.0. The van der Waals surface area contributed by atoms with E-state index in [4.69, 9.17) is 5.11 Å². The van der Waals surface area contributed by atoms with Crippen LogP contribution in [-0.2, 0) is 6.54 Å². The lowest BCUT2D eigenvalue weighted by atomic mass is 10.2. The average Bonchev–Trinajstić information content (AvgIpc) is 2.34. The van der Waals surface area contributed by atoms with Gasteiger partial charge in [-0.3, -0.25) is 0 Å². The van der Waals surface area contributed by atoms with Crippen molar-refractivity contribution >= 4 is 27.7 Å². The summed E-state index contributed by atoms with van der Waals surface area (Å²) in [5.41, 5.74) is 1.23. The SMILES string of the molecule is CCNCc1ccc(SCC(O)CO)c(Br)c1. The number of aliphatic hydroxyl groups excluding tert-OH is 2. The molecular formula is C12H18BrNO2S. The van der Waals surface area contributed by atoms with E-state index in [1.165, 1.54) is 17.3 Å². The summed E-state index contributed by atoms with van der Waals surface area (Å²) in [6.45, 7) is 3.70. The third kappa shape index (κ3) is 5.40. The maximum atomic E-state index is 9.28. The molecule has 0 saturated carbocycles. The van der Waals surface area contributed by atoms with E-state index in [0.29, 0.717) is 5.75 Å². The molecule has 1 unspecified atom stereocenters. The third-order valence-corrected chi connectivity index (χ3v) is 4.35. The summed E-state index contributed by atoms with van der Waals surface area (Å²) in [5.74, 6) is 0.502. The van der Waals surface area contributed by atoms with Gasteiger partial charge < -0.3 is 15.5 Å². The highest BCUT2D eigenvalue weighted by atomic mass is 79.9. The van der Waals surface area contributed by atoms with E-state index in [1.54, 1.807) is 0 Å². The Kier molecular flexibility index (Phi) is 7.15. The summed E-state index contributed by atoms with van der Waals surface area (Å²) in [6.07, 6.45) is -0.659. The topological polar surface area (TPSA) is 52.5 Å². The predicted octanol–water partition coefficient (Wildman–Crippen LogP) is 2.00. The van der Waals surface area contributed by atoms with E-state index >= 15 is 0 Å². The fourth-order valence-electron chi connectivity index (χ4n) is 1.28. The Morgan fingerprint density at radius 3 is 2.82 bits per heavy atom. The summed E-state index contributed by atoms with van der Waals surface area (Å²) in [7, 11) is 0. The van der Waals surface area contributed by atoms with E-state index in [1.807, 2.05) is 6.07 Å². The van der Waals surface area contributed by atoms with Crippen LogP contribution in [-0.4, -0.2) is 35.2 Å². The number of hydrogen-bond acceptors (Lipinski definition) is 4. The lowest BCUT2D eigenvalue weighted by Gasteiger charge is -2.09. The summed E-state index contributed by atoms with van der Waals surface area (Å²) in [5, 5.41) is 21.3. The second kappa shape index (κ2) is 8.11. The smallest absolute Gasteiger partial charge is 0.0864 e. The Bertz CT molecular complexity index is 349. The molecule has 0 radical (unpaired) electrons. The van der Waals surface area contributed by atoms with Crippen LogP contribution in [0.3, 0.4) is 0 Å². The fraction of sp³-hybridized carbons (Fsp3) is 0.500. The molecule has 17 heavy (non-hydrogen) atoms. The quantitative estimate of drug-likeness (QED) is 0.673. The van der Waals surface area contributed by atoms with E-state index in [2.05, 4.69) is 40.3 Å². The molecule has 96 valence electrons. The van der Waals surface area contributed by atoms with Crippen molar-refractivity contribution in [1.82, 2.24) is 5.32 Å². The number of aliphatic hydroxyl groups is 2. The first-order valence-electron chi connectivity index (χ1n) is 5.58. The van der Waals surface area contributed by atoms with Gasteiger partial charge in [0.15, 0.2) is 0 Å². The second-order valence-electron chi connectivity index (χ2n) is 3.69. The molecule has 0 heterocycles. The number of thioether (sulfide) groups is 1. The van der Waals surface area contributed by atoms with E-state index in [9.17, 15) is 5.11 Å². The fourth-order valence-corrected chi connectivity index (χ4v) is 2.89. The molecular weight excluding hydrogens is 302 g/mol. The van der Waals surface area contributed by atoms with E-state index < -0.39 is 6.10 Å². The summed E-state index contributed by atoms with van der Waals surface area (Å²) >= 11 is 5.05. The van der Waals surface area contributed by atoms with Gasteiger partial charge in [0.25, 0.3) is 0 Å². The van der Waals surface area contributed by atoms with Gasteiger partial charge in [0.1, 0.15) is 0 Å². The zero-order chi connectivity index (χ0) is 12.7. The lowest BCUT2D eigenvalue weighted by molar-refractivity contribution is 0.113. The highest BCUT2D eigenvalue weighted by molar-refractivity contribution is 9.10. The predicted molar refractivity (Wildman–Crippen MR) is 75.3 cm³/mol. The maximum absolute atomic E-state index is 9.28. The lowest BCUT2D eigenvalue weighted by Crippen LogP contribution is -2.14. The minimum Gasteiger partial charge on any atom is -0.394 e. The van der Waals surface area contributed by atoms with Crippen LogP contribution in [0, 0.1) is 0 Å². The van der Waals surface area contributed by atoms with Gasteiger partial charge in [0, 0.05) is 21.7 Å². The van der Waals surface area contributed by atoms with Crippen molar-refractivity contribution in [2.45, 2.75) is 24.5 Å². The number of benzene rings is 1. The van der Waals surface area contributed by atoms with Crippen molar-refractivity contribution in [3.63, 3.8) is 0 Å². The van der Waals surface area contributed by atoms with Crippen molar-refractivity contribution < 1.29 is 10.2 Å². The molecule has 5 heteroatoms. The van der Waals surface area contributed by atoms with Crippen molar-refractivity contribution in [2.75, 3.05) is 18.9 Å². The molecule has 1 atom stereocenters. The molecule has 0 amide bonds. The van der Waals surface area contributed by atoms with Gasteiger partial charge in [0.05, 0.1) is 12.7 Å². The van der Waals surface area contributed by atoms with Crippen molar-refractivity contribution in [3.05, 3.63) is 28.2 Å². The Labute approximate surface area is 115 Å². The van der Waals surface area contributed by atoms with Crippen LogP contribution >= 0.6 is 27.7 Å². The summed E-state index contributed by atoms with van der Waals surface area (Å²) in [4.78, 5) is 1.08. The molecule has 0 aromatic heterocycles. The molecule has 0 saturated heterocycles. The van der Waals surface area contributed by atoms with Gasteiger partial charge in [-0.05, 0) is 40.2 Å². The largest absolute Gasteiger partial charge is 0.394 e. The third-order valence-electron chi connectivity index (χ3n) is 2.22. The van der Waals surface area contributed by atoms with Gasteiger partial charge >= 0.3 is 0 Å². The number of nitrogens with one attached hydrogen (secondary N) is 1. The number of hydrogen-bond donors (Lipinski definition) is 3. The summed E-state index contributed by atoms with van der Waals surface area (Å²) < 4.78 is 1.03. The van der Waals surface area contributed by atoms with Gasteiger partial charge in [-0.15, -0.1) is 11.8 Å². The molecule has 3 N–H and O–H groups in total. The van der Waals surface area contributed by atoms with Gasteiger partial charge in [-0.2, -0.15) is 0 Å². The minimum absolute atomic E-state index is 0.191. The molecule has 1 aromatic carbocycles. The molecule has 1 rings (SSSR count). The number of halogens is 1. The average molecular weight is 320 g/mol. The van der Waals surface area contributed by atoms with E-state index in [-0.39, 0.29) is 6.61 Å². The summed E-state index contributed by atoms with van der Waals surface area (Å²) in [6, 6.07) is 6.18. The van der Waals surface area contributed by atoms with Crippen molar-refractivity contribution in [3.8, 4) is 0 Å². The highest BCUT2D eigenvalue weighted by Crippen LogP contribution is 2.28. The maximum Gasteiger partial charge on any atom is 0.0864 e. The molecule has 3 nitrogen and oxygen atoms in total. The zero-order valence-electron chi connectivity index (χ0n) is 9.82. The first-order chi connectivity index (χ1) is 8.17. The van der Waals surface area contributed by atoms with Crippen LogP contribution in [0.15, 0.2) is 27.6 Å². The standard InChI is InChI=1S/C12H18BrNO2S/c1-2-14-6-9-3-4-12(11(13)5-9)17-8-10(16)7-15/h3-5,10,14-16H,2,6-8H2,1H3. The molecule has 0 fully saturated rings. The molecule has 0 aliphatic rings. The normalized spacial score (nSPS) is 12.7. The van der Waals surface area contributed by atoms with Gasteiger partial charge in [0.2, 0.25) is 0 Å². The van der Waals surface area contributed by atoms with Gasteiger partial charge in [-0.25, -0.2) is 0 Å². The monoisotopic (exact) mass is 319 g/mol. The molecule has 0 spiro atoms. The first-order valence-corrected chi connectivity index (χ1v) is 7.36. The number of rotatable bonds is 7. The molecule has 1 aromatic rings. The second-order valence-corrected chi connectivity index (χ2v) is 5.61. The molecule has 0 aliphatic heterocycles. The Morgan fingerprint density at radius 2 is 2.24 bits per heavy atom. The zero-order valence-corrected chi connectivity index (χ0v) is 12.2. The van der Waals surface area contributed by atoms with Crippen LogP contribution in [0.25, 0.3) is 0 Å². The van der Waals surface area contributed by atoms with Crippen LogP contribution in [0.1, 0.15) is 12.5 Å².